The van der Waals surface area contributed by atoms with E-state index in [1.165, 1.54) is 5.56 Å². The van der Waals surface area contributed by atoms with Gasteiger partial charge in [0, 0.05) is 23.6 Å². The fourth-order valence-electron chi connectivity index (χ4n) is 3.47. The number of amides is 1. The lowest BCUT2D eigenvalue weighted by Crippen LogP contribution is -2.28. The van der Waals surface area contributed by atoms with Crippen LogP contribution in [0.25, 0.3) is 16.9 Å². The number of ether oxygens (including phenoxy) is 1. The van der Waals surface area contributed by atoms with E-state index in [0.29, 0.717) is 23.6 Å². The molecule has 6 heteroatoms. The number of hydrogen-bond donors (Lipinski definition) is 1. The number of aromatic nitrogens is 3. The highest BCUT2D eigenvalue weighted by atomic mass is 16.5. The molecule has 0 spiro atoms. The van der Waals surface area contributed by atoms with Crippen molar-refractivity contribution in [2.45, 2.75) is 32.6 Å². The van der Waals surface area contributed by atoms with Crippen molar-refractivity contribution in [3.8, 4) is 17.0 Å². The number of carbonyl (C=O) groups is 1. The van der Waals surface area contributed by atoms with Crippen molar-refractivity contribution in [3.05, 3.63) is 83.7 Å². The molecule has 164 valence electrons. The Labute approximate surface area is 188 Å². The summed E-state index contributed by atoms with van der Waals surface area (Å²) in [4.78, 5) is 18.0. The van der Waals surface area contributed by atoms with Crippen molar-refractivity contribution in [2.75, 3.05) is 13.7 Å². The Morgan fingerprint density at radius 1 is 1.03 bits per heavy atom. The molecular weight excluding hydrogens is 400 g/mol. The summed E-state index contributed by atoms with van der Waals surface area (Å²) >= 11 is 0. The summed E-state index contributed by atoms with van der Waals surface area (Å²) in [6, 6.07) is 21.5. The molecule has 4 aromatic rings. The second kappa shape index (κ2) is 8.83. The standard InChI is InChI=1S/C26H28N4O2/c1-26(2,3)23-17-24-28-21(19-10-12-20(32-4)13-11-19)16-22(30(24)29-23)25(31)27-15-14-18-8-6-5-7-9-18/h5-13,16-17H,14-15H2,1-4H3,(H,27,31). The van der Waals surface area contributed by atoms with Crippen LogP contribution in [0.3, 0.4) is 0 Å². The van der Waals surface area contributed by atoms with Crippen LogP contribution in [-0.4, -0.2) is 34.2 Å². The van der Waals surface area contributed by atoms with Crippen LogP contribution < -0.4 is 10.1 Å². The number of rotatable bonds is 6. The van der Waals surface area contributed by atoms with E-state index < -0.39 is 0 Å². The molecule has 0 saturated heterocycles. The fraction of sp³-hybridized carbons (Fsp3) is 0.269. The van der Waals surface area contributed by atoms with E-state index in [9.17, 15) is 4.79 Å². The Bertz CT molecular complexity index is 1220. The van der Waals surface area contributed by atoms with Crippen molar-refractivity contribution in [1.82, 2.24) is 19.9 Å². The van der Waals surface area contributed by atoms with Crippen molar-refractivity contribution >= 4 is 11.6 Å². The van der Waals surface area contributed by atoms with Crippen LogP contribution in [0.15, 0.2) is 66.7 Å². The van der Waals surface area contributed by atoms with Gasteiger partial charge in [0.2, 0.25) is 0 Å². The zero-order valence-electron chi connectivity index (χ0n) is 18.9. The van der Waals surface area contributed by atoms with Gasteiger partial charge in [-0.1, -0.05) is 51.1 Å². The summed E-state index contributed by atoms with van der Waals surface area (Å²) in [5.74, 6) is 0.597. The number of fused-ring (bicyclic) bond motifs is 1. The minimum Gasteiger partial charge on any atom is -0.497 e. The van der Waals surface area contributed by atoms with Crippen LogP contribution in [0.2, 0.25) is 0 Å². The molecule has 2 heterocycles. The van der Waals surface area contributed by atoms with E-state index in [1.54, 1.807) is 17.7 Å². The van der Waals surface area contributed by atoms with Crippen molar-refractivity contribution in [3.63, 3.8) is 0 Å². The van der Waals surface area contributed by atoms with E-state index in [-0.39, 0.29) is 11.3 Å². The van der Waals surface area contributed by atoms with Crippen LogP contribution in [0.1, 0.15) is 42.5 Å². The Kier molecular flexibility index (Phi) is 5.95. The van der Waals surface area contributed by atoms with Crippen LogP contribution in [0.5, 0.6) is 5.75 Å². The second-order valence-electron chi connectivity index (χ2n) is 8.80. The fourth-order valence-corrected chi connectivity index (χ4v) is 3.47. The van der Waals surface area contributed by atoms with Crippen LogP contribution in [0, 0.1) is 0 Å². The molecule has 0 fully saturated rings. The van der Waals surface area contributed by atoms with E-state index in [0.717, 1.165) is 23.4 Å². The molecule has 0 atom stereocenters. The van der Waals surface area contributed by atoms with Gasteiger partial charge in [-0.25, -0.2) is 9.50 Å². The minimum absolute atomic E-state index is 0.158. The zero-order chi connectivity index (χ0) is 22.7. The van der Waals surface area contributed by atoms with E-state index in [4.69, 9.17) is 14.8 Å². The highest BCUT2D eigenvalue weighted by molar-refractivity contribution is 5.94. The van der Waals surface area contributed by atoms with E-state index in [2.05, 4.69) is 38.2 Å². The average Bonchev–Trinajstić information content (AvgIpc) is 3.24. The number of methoxy groups -OCH3 is 1. The van der Waals surface area contributed by atoms with Crippen LogP contribution in [0.4, 0.5) is 0 Å². The highest BCUT2D eigenvalue weighted by Crippen LogP contribution is 2.26. The maximum absolute atomic E-state index is 13.2. The second-order valence-corrected chi connectivity index (χ2v) is 8.80. The Morgan fingerprint density at radius 3 is 2.41 bits per heavy atom. The van der Waals surface area contributed by atoms with Crippen molar-refractivity contribution < 1.29 is 9.53 Å². The third-order valence-corrected chi connectivity index (χ3v) is 5.36. The molecular formula is C26H28N4O2. The largest absolute Gasteiger partial charge is 0.497 e. The van der Waals surface area contributed by atoms with Crippen molar-refractivity contribution in [1.29, 1.82) is 0 Å². The molecule has 0 aliphatic rings. The van der Waals surface area contributed by atoms with Gasteiger partial charge in [-0.15, -0.1) is 0 Å². The van der Waals surface area contributed by atoms with Gasteiger partial charge >= 0.3 is 0 Å². The first-order valence-electron chi connectivity index (χ1n) is 10.7. The third-order valence-electron chi connectivity index (χ3n) is 5.36. The molecule has 1 amide bonds. The number of benzene rings is 2. The molecule has 0 bridgehead atoms. The lowest BCUT2D eigenvalue weighted by molar-refractivity contribution is 0.0946. The first-order chi connectivity index (χ1) is 15.3. The van der Waals surface area contributed by atoms with Crippen LogP contribution >= 0.6 is 0 Å². The zero-order valence-corrected chi connectivity index (χ0v) is 18.9. The van der Waals surface area contributed by atoms with Gasteiger partial charge in [-0.05, 0) is 42.3 Å². The van der Waals surface area contributed by atoms with E-state index >= 15 is 0 Å². The maximum atomic E-state index is 13.2. The number of hydrogen-bond acceptors (Lipinski definition) is 4. The summed E-state index contributed by atoms with van der Waals surface area (Å²) in [6.07, 6.45) is 0.762. The summed E-state index contributed by atoms with van der Waals surface area (Å²) in [5, 5.41) is 7.74. The Morgan fingerprint density at radius 2 is 1.75 bits per heavy atom. The smallest absolute Gasteiger partial charge is 0.270 e. The predicted molar refractivity (Wildman–Crippen MR) is 126 cm³/mol. The SMILES string of the molecule is COc1ccc(-c2cc(C(=O)NCCc3ccccc3)n3nc(C(C)(C)C)cc3n2)cc1. The van der Waals surface area contributed by atoms with Gasteiger partial charge in [-0.3, -0.25) is 4.79 Å². The topological polar surface area (TPSA) is 68.5 Å². The van der Waals surface area contributed by atoms with Gasteiger partial charge in [0.05, 0.1) is 18.5 Å². The lowest BCUT2D eigenvalue weighted by Gasteiger charge is -2.13. The molecule has 2 aromatic carbocycles. The van der Waals surface area contributed by atoms with Crippen molar-refractivity contribution in [2.24, 2.45) is 0 Å². The van der Waals surface area contributed by atoms with Gasteiger partial charge in [0.1, 0.15) is 11.4 Å². The number of nitrogens with one attached hydrogen (secondary N) is 1. The number of carbonyl (C=O) groups excluding carboxylic acids is 1. The van der Waals surface area contributed by atoms with Crippen LogP contribution in [-0.2, 0) is 11.8 Å². The molecule has 6 nitrogen and oxygen atoms in total. The lowest BCUT2D eigenvalue weighted by atomic mass is 9.93. The quantitative estimate of drug-likeness (QED) is 0.484. The molecule has 0 saturated carbocycles. The maximum Gasteiger partial charge on any atom is 0.270 e. The monoisotopic (exact) mass is 428 g/mol. The summed E-state index contributed by atoms with van der Waals surface area (Å²) in [5.41, 5.74) is 4.64. The summed E-state index contributed by atoms with van der Waals surface area (Å²) < 4.78 is 6.90. The molecule has 0 aliphatic carbocycles. The number of nitrogens with zero attached hydrogens (tertiary/aromatic N) is 3. The molecule has 0 aliphatic heterocycles. The molecule has 0 unspecified atom stereocenters. The normalized spacial score (nSPS) is 11.5. The van der Waals surface area contributed by atoms with Gasteiger partial charge < -0.3 is 10.1 Å². The summed E-state index contributed by atoms with van der Waals surface area (Å²) in [6.45, 7) is 6.83. The molecule has 32 heavy (non-hydrogen) atoms. The Hall–Kier alpha value is -3.67. The van der Waals surface area contributed by atoms with Gasteiger partial charge in [-0.2, -0.15) is 5.10 Å². The molecule has 4 rings (SSSR count). The first-order valence-corrected chi connectivity index (χ1v) is 10.7. The predicted octanol–water partition coefficient (Wildman–Crippen LogP) is 4.67. The summed E-state index contributed by atoms with van der Waals surface area (Å²) in [7, 11) is 1.64. The van der Waals surface area contributed by atoms with Gasteiger partial charge in [0.15, 0.2) is 5.65 Å². The molecule has 1 N–H and O–H groups in total. The third kappa shape index (κ3) is 4.64. The molecule has 2 aromatic heterocycles. The average molecular weight is 429 g/mol. The molecule has 0 radical (unpaired) electrons. The van der Waals surface area contributed by atoms with Gasteiger partial charge in [0.25, 0.3) is 5.91 Å². The minimum atomic E-state index is -0.174. The first kappa shape index (κ1) is 21.6. The highest BCUT2D eigenvalue weighted by Gasteiger charge is 2.22. The van der Waals surface area contributed by atoms with E-state index in [1.807, 2.05) is 48.5 Å². The Balaban J connectivity index is 1.69.